The van der Waals surface area contributed by atoms with Crippen molar-refractivity contribution in [2.75, 3.05) is 19.8 Å². The fraction of sp³-hybridized carbons (Fsp3) is 0.615. The molecule has 0 saturated carbocycles. The Morgan fingerprint density at radius 3 is 2.83 bits per heavy atom. The van der Waals surface area contributed by atoms with Crippen LogP contribution in [-0.4, -0.2) is 42.0 Å². The van der Waals surface area contributed by atoms with E-state index in [0.29, 0.717) is 30.8 Å². The fourth-order valence-electron chi connectivity index (χ4n) is 1.36. The van der Waals surface area contributed by atoms with E-state index in [1.165, 1.54) is 0 Å². The number of ether oxygens (including phenoxy) is 2. The predicted molar refractivity (Wildman–Crippen MR) is 70.0 cm³/mol. The molecule has 5 nitrogen and oxygen atoms in total. The Labute approximate surface area is 108 Å². The SMILES string of the molecule is CCOc1cccnc1OCC(O)CNC(C)C. The molecule has 1 unspecified atom stereocenters. The first-order valence-corrected chi connectivity index (χ1v) is 6.25. The van der Waals surface area contributed by atoms with Crippen molar-refractivity contribution in [3.8, 4) is 11.6 Å². The van der Waals surface area contributed by atoms with Crippen molar-refractivity contribution in [3.63, 3.8) is 0 Å². The molecule has 5 heteroatoms. The van der Waals surface area contributed by atoms with Crippen LogP contribution in [0.4, 0.5) is 0 Å². The molecule has 1 heterocycles. The van der Waals surface area contributed by atoms with E-state index < -0.39 is 6.10 Å². The second-order valence-corrected chi connectivity index (χ2v) is 4.27. The number of hydrogen-bond acceptors (Lipinski definition) is 5. The summed E-state index contributed by atoms with van der Waals surface area (Å²) in [5.74, 6) is 1.02. The highest BCUT2D eigenvalue weighted by atomic mass is 16.5. The van der Waals surface area contributed by atoms with Crippen LogP contribution in [0, 0.1) is 0 Å². The maximum Gasteiger partial charge on any atom is 0.257 e. The molecule has 0 aromatic carbocycles. The van der Waals surface area contributed by atoms with Gasteiger partial charge in [-0.15, -0.1) is 0 Å². The van der Waals surface area contributed by atoms with Gasteiger partial charge in [-0.3, -0.25) is 0 Å². The van der Waals surface area contributed by atoms with Gasteiger partial charge in [-0.25, -0.2) is 4.98 Å². The number of aromatic nitrogens is 1. The summed E-state index contributed by atoms with van der Waals surface area (Å²) in [5, 5.41) is 12.9. The van der Waals surface area contributed by atoms with Gasteiger partial charge in [0.15, 0.2) is 5.75 Å². The monoisotopic (exact) mass is 254 g/mol. The number of nitrogens with one attached hydrogen (secondary N) is 1. The third-order valence-corrected chi connectivity index (χ3v) is 2.21. The normalized spacial score (nSPS) is 12.5. The van der Waals surface area contributed by atoms with E-state index in [2.05, 4.69) is 10.3 Å². The molecule has 1 aromatic rings. The Hall–Kier alpha value is -1.33. The minimum Gasteiger partial charge on any atom is -0.488 e. The molecule has 0 radical (unpaired) electrons. The van der Waals surface area contributed by atoms with E-state index in [9.17, 15) is 5.11 Å². The molecule has 0 aliphatic rings. The molecular formula is C13H22N2O3. The van der Waals surface area contributed by atoms with Crippen molar-refractivity contribution in [2.45, 2.75) is 32.9 Å². The quantitative estimate of drug-likeness (QED) is 0.730. The molecule has 2 N–H and O–H groups in total. The average Bonchev–Trinajstić information content (AvgIpc) is 2.35. The zero-order chi connectivity index (χ0) is 13.4. The van der Waals surface area contributed by atoms with Gasteiger partial charge in [-0.2, -0.15) is 0 Å². The standard InChI is InChI=1S/C13H22N2O3/c1-4-17-12-6-5-7-14-13(12)18-9-11(16)8-15-10(2)3/h5-7,10-11,15-16H,4,8-9H2,1-3H3. The zero-order valence-electron chi connectivity index (χ0n) is 11.2. The van der Waals surface area contributed by atoms with E-state index in [1.54, 1.807) is 18.3 Å². The van der Waals surface area contributed by atoms with E-state index >= 15 is 0 Å². The van der Waals surface area contributed by atoms with Crippen LogP contribution in [0.5, 0.6) is 11.6 Å². The highest BCUT2D eigenvalue weighted by Crippen LogP contribution is 2.23. The Balaban J connectivity index is 2.42. The van der Waals surface area contributed by atoms with Gasteiger partial charge in [0.1, 0.15) is 12.7 Å². The first-order chi connectivity index (χ1) is 8.63. The van der Waals surface area contributed by atoms with E-state index in [4.69, 9.17) is 9.47 Å². The minimum atomic E-state index is -0.566. The molecular weight excluding hydrogens is 232 g/mol. The largest absolute Gasteiger partial charge is 0.488 e. The summed E-state index contributed by atoms with van der Waals surface area (Å²) in [6, 6.07) is 3.92. The van der Waals surface area contributed by atoms with Gasteiger partial charge < -0.3 is 19.9 Å². The summed E-state index contributed by atoms with van der Waals surface area (Å²) in [7, 11) is 0. The lowest BCUT2D eigenvalue weighted by atomic mass is 10.3. The molecule has 0 saturated heterocycles. The molecule has 0 aliphatic carbocycles. The zero-order valence-corrected chi connectivity index (χ0v) is 11.2. The summed E-state index contributed by atoms with van der Waals surface area (Å²) >= 11 is 0. The van der Waals surface area contributed by atoms with E-state index in [1.807, 2.05) is 20.8 Å². The third-order valence-electron chi connectivity index (χ3n) is 2.21. The predicted octanol–water partition coefficient (Wildman–Crippen LogP) is 1.22. The topological polar surface area (TPSA) is 63.6 Å². The molecule has 1 rings (SSSR count). The average molecular weight is 254 g/mol. The van der Waals surface area contributed by atoms with Gasteiger partial charge in [-0.05, 0) is 19.1 Å². The van der Waals surface area contributed by atoms with Crippen LogP contribution in [0.25, 0.3) is 0 Å². The molecule has 0 aliphatic heterocycles. The highest BCUT2D eigenvalue weighted by Gasteiger charge is 2.09. The smallest absolute Gasteiger partial charge is 0.257 e. The first-order valence-electron chi connectivity index (χ1n) is 6.25. The number of rotatable bonds is 8. The molecule has 1 aromatic heterocycles. The second-order valence-electron chi connectivity index (χ2n) is 4.27. The number of aliphatic hydroxyl groups excluding tert-OH is 1. The van der Waals surface area contributed by atoms with Gasteiger partial charge >= 0.3 is 0 Å². The maximum absolute atomic E-state index is 9.72. The minimum absolute atomic E-state index is 0.191. The summed E-state index contributed by atoms with van der Waals surface area (Å²) < 4.78 is 10.8. The van der Waals surface area contributed by atoms with E-state index in [0.717, 1.165) is 0 Å². The van der Waals surface area contributed by atoms with Crippen molar-refractivity contribution in [2.24, 2.45) is 0 Å². The van der Waals surface area contributed by atoms with E-state index in [-0.39, 0.29) is 6.61 Å². The Morgan fingerprint density at radius 2 is 2.17 bits per heavy atom. The lowest BCUT2D eigenvalue weighted by Crippen LogP contribution is -2.35. The van der Waals surface area contributed by atoms with Crippen LogP contribution in [0.2, 0.25) is 0 Å². The fourth-order valence-corrected chi connectivity index (χ4v) is 1.36. The second kappa shape index (κ2) is 7.89. The van der Waals surface area contributed by atoms with Crippen molar-refractivity contribution in [3.05, 3.63) is 18.3 Å². The van der Waals surface area contributed by atoms with Gasteiger partial charge in [-0.1, -0.05) is 13.8 Å². The molecule has 0 amide bonds. The molecule has 18 heavy (non-hydrogen) atoms. The summed E-state index contributed by atoms with van der Waals surface area (Å²) in [6.07, 6.45) is 1.07. The molecule has 0 spiro atoms. The van der Waals surface area contributed by atoms with Crippen LogP contribution in [-0.2, 0) is 0 Å². The number of nitrogens with zero attached hydrogens (tertiary/aromatic N) is 1. The lowest BCUT2D eigenvalue weighted by Gasteiger charge is -2.15. The Bertz CT molecular complexity index is 345. The van der Waals surface area contributed by atoms with Gasteiger partial charge in [0.25, 0.3) is 5.88 Å². The third kappa shape index (κ3) is 5.33. The number of aliphatic hydroxyl groups is 1. The molecule has 0 fully saturated rings. The summed E-state index contributed by atoms with van der Waals surface area (Å²) in [4.78, 5) is 4.09. The molecule has 1 atom stereocenters. The van der Waals surface area contributed by atoms with Crippen molar-refractivity contribution >= 4 is 0 Å². The van der Waals surface area contributed by atoms with Gasteiger partial charge in [0.2, 0.25) is 0 Å². The number of hydrogen-bond donors (Lipinski definition) is 2. The Morgan fingerprint density at radius 1 is 1.39 bits per heavy atom. The van der Waals surface area contributed by atoms with Crippen molar-refractivity contribution < 1.29 is 14.6 Å². The van der Waals surface area contributed by atoms with Gasteiger partial charge in [0.05, 0.1) is 6.61 Å². The first kappa shape index (κ1) is 14.7. The molecule has 102 valence electrons. The van der Waals surface area contributed by atoms with Crippen LogP contribution in [0.15, 0.2) is 18.3 Å². The van der Waals surface area contributed by atoms with Crippen LogP contribution in [0.3, 0.4) is 0 Å². The summed E-state index contributed by atoms with van der Waals surface area (Å²) in [6.45, 7) is 7.20. The van der Waals surface area contributed by atoms with Crippen molar-refractivity contribution in [1.29, 1.82) is 0 Å². The molecule has 0 bridgehead atoms. The Kier molecular flexibility index (Phi) is 6.46. The lowest BCUT2D eigenvalue weighted by molar-refractivity contribution is 0.0996. The number of pyridine rings is 1. The summed E-state index contributed by atoms with van der Waals surface area (Å²) in [5.41, 5.74) is 0. The maximum atomic E-state index is 9.72. The highest BCUT2D eigenvalue weighted by molar-refractivity contribution is 5.32. The van der Waals surface area contributed by atoms with Gasteiger partial charge in [0, 0.05) is 18.8 Å². The van der Waals surface area contributed by atoms with Crippen LogP contribution < -0.4 is 14.8 Å². The van der Waals surface area contributed by atoms with Crippen LogP contribution >= 0.6 is 0 Å². The van der Waals surface area contributed by atoms with Crippen molar-refractivity contribution in [1.82, 2.24) is 10.3 Å². The van der Waals surface area contributed by atoms with Crippen LogP contribution in [0.1, 0.15) is 20.8 Å².